The van der Waals surface area contributed by atoms with E-state index >= 15 is 0 Å². The molecule has 5 rings (SSSR count). The van der Waals surface area contributed by atoms with Crippen molar-refractivity contribution in [3.8, 4) is 0 Å². The van der Waals surface area contributed by atoms with Crippen LogP contribution in [-0.4, -0.2) is 26.2 Å². The topological polar surface area (TPSA) is 66.7 Å². The number of hydrogen-bond donors (Lipinski definition) is 1. The Labute approximate surface area is 173 Å². The fourth-order valence-corrected chi connectivity index (χ4v) is 4.04. The second-order valence-electron chi connectivity index (χ2n) is 7.45. The van der Waals surface area contributed by atoms with Crippen molar-refractivity contribution in [1.29, 1.82) is 0 Å². The number of imide groups is 1. The number of carbonyl (C=O) groups excluding carboxylic acids is 2. The van der Waals surface area contributed by atoms with Gasteiger partial charge in [0.1, 0.15) is 5.65 Å². The number of carbonyl (C=O) groups is 2. The molecule has 2 aromatic heterocycles. The first-order valence-electron chi connectivity index (χ1n) is 9.82. The van der Waals surface area contributed by atoms with Crippen molar-refractivity contribution in [1.82, 2.24) is 19.6 Å². The molecule has 30 heavy (non-hydrogen) atoms. The summed E-state index contributed by atoms with van der Waals surface area (Å²) in [7, 11) is 0. The van der Waals surface area contributed by atoms with E-state index in [9.17, 15) is 9.59 Å². The van der Waals surface area contributed by atoms with E-state index in [0.717, 1.165) is 16.8 Å². The van der Waals surface area contributed by atoms with E-state index in [-0.39, 0.29) is 12.5 Å². The Kier molecular flexibility index (Phi) is 4.32. The largest absolute Gasteiger partial charge is 0.325 e. The number of pyridine rings is 1. The summed E-state index contributed by atoms with van der Waals surface area (Å²) in [5.74, 6) is -0.264. The monoisotopic (exact) mass is 396 g/mol. The van der Waals surface area contributed by atoms with Crippen LogP contribution in [-0.2, 0) is 23.3 Å². The van der Waals surface area contributed by atoms with E-state index in [0.29, 0.717) is 12.1 Å². The van der Waals surface area contributed by atoms with Crippen LogP contribution in [0.1, 0.15) is 16.8 Å². The summed E-state index contributed by atoms with van der Waals surface area (Å²) in [6, 6.07) is 24.5. The molecule has 6 heteroatoms. The highest BCUT2D eigenvalue weighted by Gasteiger charge is 2.52. The first kappa shape index (κ1) is 18.1. The van der Waals surface area contributed by atoms with Gasteiger partial charge < -0.3 is 9.72 Å². The lowest BCUT2D eigenvalue weighted by molar-refractivity contribution is -0.132. The van der Waals surface area contributed by atoms with E-state index in [4.69, 9.17) is 0 Å². The summed E-state index contributed by atoms with van der Waals surface area (Å²) >= 11 is 0. The number of nitrogens with one attached hydrogen (secondary N) is 1. The highest BCUT2D eigenvalue weighted by Crippen LogP contribution is 2.33. The Bertz CT molecular complexity index is 1190. The van der Waals surface area contributed by atoms with E-state index in [2.05, 4.69) is 10.3 Å². The Morgan fingerprint density at radius 1 is 0.867 bits per heavy atom. The number of amides is 3. The molecule has 1 aliphatic heterocycles. The SMILES string of the molecule is O=C1NC(Cc2ccccc2)(c2ccccc2)C(=O)N1Cc1cn2ccccc2n1. The maximum atomic E-state index is 13.7. The molecule has 1 unspecified atom stereocenters. The van der Waals surface area contributed by atoms with Crippen LogP contribution in [0.5, 0.6) is 0 Å². The molecule has 1 aliphatic rings. The van der Waals surface area contributed by atoms with E-state index in [1.54, 1.807) is 0 Å². The fourth-order valence-electron chi connectivity index (χ4n) is 4.04. The van der Waals surface area contributed by atoms with Crippen LogP contribution in [0.4, 0.5) is 4.79 Å². The zero-order valence-corrected chi connectivity index (χ0v) is 16.2. The van der Waals surface area contributed by atoms with Gasteiger partial charge in [0, 0.05) is 18.8 Å². The molecule has 0 radical (unpaired) electrons. The lowest BCUT2D eigenvalue weighted by Gasteiger charge is -2.27. The summed E-state index contributed by atoms with van der Waals surface area (Å²) in [5, 5.41) is 2.99. The predicted molar refractivity (Wildman–Crippen MR) is 113 cm³/mol. The Morgan fingerprint density at radius 3 is 2.30 bits per heavy atom. The molecule has 0 saturated carbocycles. The summed E-state index contributed by atoms with van der Waals surface area (Å²) in [6.07, 6.45) is 4.11. The van der Waals surface area contributed by atoms with Gasteiger partial charge in [0.2, 0.25) is 0 Å². The third-order valence-corrected chi connectivity index (χ3v) is 5.49. The van der Waals surface area contributed by atoms with Gasteiger partial charge in [-0.2, -0.15) is 0 Å². The quantitative estimate of drug-likeness (QED) is 0.525. The fraction of sp³-hybridized carbons (Fsp3) is 0.125. The molecule has 0 bridgehead atoms. The van der Waals surface area contributed by atoms with Crippen LogP contribution in [0.25, 0.3) is 5.65 Å². The molecular weight excluding hydrogens is 376 g/mol. The number of aromatic nitrogens is 2. The van der Waals surface area contributed by atoms with Crippen LogP contribution in [0.2, 0.25) is 0 Å². The number of imidazole rings is 1. The van der Waals surface area contributed by atoms with Crippen LogP contribution in [0, 0.1) is 0 Å². The molecule has 1 saturated heterocycles. The maximum Gasteiger partial charge on any atom is 0.325 e. The lowest BCUT2D eigenvalue weighted by atomic mass is 9.83. The molecule has 4 aromatic rings. The van der Waals surface area contributed by atoms with Gasteiger partial charge >= 0.3 is 6.03 Å². The standard InChI is InChI=1S/C24H20N4O2/c29-22-24(19-11-5-2-6-12-19,15-18-9-3-1-4-10-18)26-23(30)28(22)17-20-16-27-14-8-7-13-21(27)25-20/h1-14,16H,15,17H2,(H,26,30). The van der Waals surface area contributed by atoms with Crippen molar-refractivity contribution >= 4 is 17.6 Å². The summed E-state index contributed by atoms with van der Waals surface area (Å²) in [6.45, 7) is 0.121. The number of rotatable bonds is 5. The summed E-state index contributed by atoms with van der Waals surface area (Å²) < 4.78 is 1.88. The molecule has 6 nitrogen and oxygen atoms in total. The zero-order valence-electron chi connectivity index (χ0n) is 16.2. The average Bonchev–Trinajstić information content (AvgIpc) is 3.29. The number of hydrogen-bond acceptors (Lipinski definition) is 3. The molecule has 1 atom stereocenters. The molecule has 0 aliphatic carbocycles. The lowest BCUT2D eigenvalue weighted by Crippen LogP contribution is -2.46. The highest BCUT2D eigenvalue weighted by molar-refractivity contribution is 6.07. The minimum Gasteiger partial charge on any atom is -0.319 e. The van der Waals surface area contributed by atoms with Crippen molar-refractivity contribution in [3.63, 3.8) is 0 Å². The van der Waals surface area contributed by atoms with E-state index in [1.165, 1.54) is 4.90 Å². The summed E-state index contributed by atoms with van der Waals surface area (Å²) in [5.41, 5.74) is 2.04. The average molecular weight is 396 g/mol. The van der Waals surface area contributed by atoms with Crippen LogP contribution >= 0.6 is 0 Å². The number of fused-ring (bicyclic) bond motifs is 1. The van der Waals surface area contributed by atoms with Crippen molar-refractivity contribution in [2.75, 3.05) is 0 Å². The molecule has 0 spiro atoms. The molecule has 3 amide bonds. The molecule has 2 aromatic carbocycles. The molecule has 3 heterocycles. The van der Waals surface area contributed by atoms with Gasteiger partial charge in [-0.05, 0) is 23.3 Å². The number of nitrogens with zero attached hydrogens (tertiary/aromatic N) is 3. The van der Waals surface area contributed by atoms with Crippen molar-refractivity contribution in [2.45, 2.75) is 18.5 Å². The van der Waals surface area contributed by atoms with Gasteiger partial charge in [0.15, 0.2) is 5.54 Å². The number of benzene rings is 2. The normalized spacial score (nSPS) is 18.7. The van der Waals surface area contributed by atoms with Gasteiger partial charge in [-0.3, -0.25) is 9.69 Å². The van der Waals surface area contributed by atoms with Gasteiger partial charge in [-0.1, -0.05) is 66.7 Å². The number of urea groups is 1. The first-order valence-corrected chi connectivity index (χ1v) is 9.82. The summed E-state index contributed by atoms with van der Waals surface area (Å²) in [4.78, 5) is 32.4. The molecular formula is C24H20N4O2. The van der Waals surface area contributed by atoms with E-state index in [1.807, 2.05) is 95.7 Å². The molecule has 1 N–H and O–H groups in total. The third-order valence-electron chi connectivity index (χ3n) is 5.49. The minimum atomic E-state index is -1.14. The van der Waals surface area contributed by atoms with Gasteiger partial charge in [0.05, 0.1) is 12.2 Å². The minimum absolute atomic E-state index is 0.121. The zero-order chi connectivity index (χ0) is 20.6. The second kappa shape index (κ2) is 7.15. The van der Waals surface area contributed by atoms with Gasteiger partial charge in [0.25, 0.3) is 5.91 Å². The molecule has 148 valence electrons. The van der Waals surface area contributed by atoms with Crippen molar-refractivity contribution in [2.24, 2.45) is 0 Å². The Morgan fingerprint density at radius 2 is 1.57 bits per heavy atom. The Balaban J connectivity index is 1.52. The third kappa shape index (κ3) is 3.03. The van der Waals surface area contributed by atoms with Crippen LogP contribution in [0.15, 0.2) is 91.3 Å². The van der Waals surface area contributed by atoms with Crippen LogP contribution < -0.4 is 5.32 Å². The smallest absolute Gasteiger partial charge is 0.319 e. The van der Waals surface area contributed by atoms with E-state index < -0.39 is 11.6 Å². The highest BCUT2D eigenvalue weighted by atomic mass is 16.2. The van der Waals surface area contributed by atoms with Crippen LogP contribution in [0.3, 0.4) is 0 Å². The van der Waals surface area contributed by atoms with Crippen molar-refractivity contribution in [3.05, 3.63) is 108 Å². The second-order valence-corrected chi connectivity index (χ2v) is 7.45. The van der Waals surface area contributed by atoms with Gasteiger partial charge in [-0.25, -0.2) is 9.78 Å². The Hall–Kier alpha value is -3.93. The maximum absolute atomic E-state index is 13.7. The van der Waals surface area contributed by atoms with Crippen molar-refractivity contribution < 1.29 is 9.59 Å². The first-order chi connectivity index (χ1) is 14.7. The van der Waals surface area contributed by atoms with Gasteiger partial charge in [-0.15, -0.1) is 0 Å². The predicted octanol–water partition coefficient (Wildman–Crippen LogP) is 3.52. The molecule has 1 fully saturated rings.